The fraction of sp³-hybridized carbons (Fsp3) is 0.958. The maximum absolute atomic E-state index is 11.1. The minimum absolute atomic E-state index is 0.154. The van der Waals surface area contributed by atoms with Crippen molar-refractivity contribution in [1.82, 2.24) is 10.2 Å². The summed E-state index contributed by atoms with van der Waals surface area (Å²) >= 11 is 0. The van der Waals surface area contributed by atoms with Gasteiger partial charge >= 0.3 is 6.09 Å². The molecule has 5 heteroatoms. The van der Waals surface area contributed by atoms with E-state index in [4.69, 9.17) is 10.5 Å². The van der Waals surface area contributed by atoms with Crippen LogP contribution in [0.1, 0.15) is 122 Å². The molecule has 3 N–H and O–H groups in total. The van der Waals surface area contributed by atoms with Gasteiger partial charge in [-0.2, -0.15) is 0 Å². The molecule has 1 heterocycles. The van der Waals surface area contributed by atoms with Gasteiger partial charge in [0, 0.05) is 13.1 Å². The predicted molar refractivity (Wildman–Crippen MR) is 123 cm³/mol. The van der Waals surface area contributed by atoms with Gasteiger partial charge < -0.3 is 15.8 Å². The van der Waals surface area contributed by atoms with Crippen LogP contribution in [-0.2, 0) is 4.74 Å². The highest BCUT2D eigenvalue weighted by Gasteiger charge is 2.23. The van der Waals surface area contributed by atoms with Crippen LogP contribution in [-0.4, -0.2) is 37.0 Å². The second kappa shape index (κ2) is 19.2. The number of hydrogen-bond acceptors (Lipinski definition) is 4. The number of nitrogens with two attached hydrogens (primary N) is 1. The number of rotatable bonds is 20. The van der Waals surface area contributed by atoms with Crippen molar-refractivity contribution in [2.45, 2.75) is 129 Å². The minimum Gasteiger partial charge on any atom is -0.430 e. The first-order valence-electron chi connectivity index (χ1n) is 12.6. The third kappa shape index (κ3) is 15.7. The van der Waals surface area contributed by atoms with E-state index in [-0.39, 0.29) is 6.23 Å². The zero-order chi connectivity index (χ0) is 21.0. The van der Waals surface area contributed by atoms with Gasteiger partial charge in [0.25, 0.3) is 0 Å². The number of nitrogens with zero attached hydrogens (tertiary/aromatic N) is 1. The van der Waals surface area contributed by atoms with Crippen LogP contribution in [0.4, 0.5) is 4.79 Å². The summed E-state index contributed by atoms with van der Waals surface area (Å²) in [4.78, 5) is 13.3. The molecule has 1 aliphatic rings. The zero-order valence-corrected chi connectivity index (χ0v) is 19.3. The monoisotopic (exact) mass is 411 g/mol. The number of carbonyl (C=O) groups is 1. The molecule has 0 radical (unpaired) electrons. The molecular formula is C24H49N3O2. The molecule has 172 valence electrons. The van der Waals surface area contributed by atoms with Gasteiger partial charge in [0.2, 0.25) is 0 Å². The van der Waals surface area contributed by atoms with Crippen molar-refractivity contribution in [3.8, 4) is 0 Å². The lowest BCUT2D eigenvalue weighted by molar-refractivity contribution is -0.00382. The Bertz CT molecular complexity index is 373. The second-order valence-electron chi connectivity index (χ2n) is 8.81. The molecule has 0 aromatic carbocycles. The van der Waals surface area contributed by atoms with Crippen molar-refractivity contribution in [3.63, 3.8) is 0 Å². The lowest BCUT2D eigenvalue weighted by Crippen LogP contribution is -2.39. The number of amides is 1. The smallest absolute Gasteiger partial charge is 0.406 e. The molecule has 1 atom stereocenters. The molecule has 29 heavy (non-hydrogen) atoms. The molecule has 5 nitrogen and oxygen atoms in total. The topological polar surface area (TPSA) is 67.6 Å². The predicted octanol–water partition coefficient (Wildman–Crippen LogP) is 6.31. The summed E-state index contributed by atoms with van der Waals surface area (Å²) in [6.07, 6.45) is 23.5. The largest absolute Gasteiger partial charge is 0.430 e. The van der Waals surface area contributed by atoms with Crippen molar-refractivity contribution < 1.29 is 9.53 Å². The van der Waals surface area contributed by atoms with E-state index in [0.29, 0.717) is 0 Å². The Morgan fingerprint density at radius 2 is 1.28 bits per heavy atom. The van der Waals surface area contributed by atoms with Crippen molar-refractivity contribution in [2.24, 2.45) is 5.73 Å². The van der Waals surface area contributed by atoms with Crippen LogP contribution in [0, 0.1) is 0 Å². The third-order valence-electron chi connectivity index (χ3n) is 6.10. The highest BCUT2D eigenvalue weighted by molar-refractivity contribution is 5.64. The molecular weight excluding hydrogens is 362 g/mol. The van der Waals surface area contributed by atoms with Crippen LogP contribution in [0.3, 0.4) is 0 Å². The molecule has 1 amide bonds. The van der Waals surface area contributed by atoms with E-state index < -0.39 is 6.09 Å². The quantitative estimate of drug-likeness (QED) is 0.230. The Kier molecular flexibility index (Phi) is 17.3. The van der Waals surface area contributed by atoms with Crippen molar-refractivity contribution in [1.29, 1.82) is 0 Å². The Balaban J connectivity index is 1.82. The van der Waals surface area contributed by atoms with E-state index in [9.17, 15) is 4.79 Å². The molecule has 0 spiro atoms. The Hall–Kier alpha value is -0.810. The van der Waals surface area contributed by atoms with Gasteiger partial charge in [-0.15, -0.1) is 0 Å². The number of primary amides is 1. The molecule has 0 aliphatic carbocycles. The summed E-state index contributed by atoms with van der Waals surface area (Å²) in [5.74, 6) is 0. The molecule has 0 aromatic heterocycles. The van der Waals surface area contributed by atoms with Gasteiger partial charge in [-0.1, -0.05) is 110 Å². The third-order valence-corrected chi connectivity index (χ3v) is 6.10. The molecule has 1 unspecified atom stereocenters. The molecule has 1 rings (SSSR count). The Morgan fingerprint density at radius 1 is 0.828 bits per heavy atom. The fourth-order valence-electron chi connectivity index (χ4n) is 4.26. The summed E-state index contributed by atoms with van der Waals surface area (Å²) in [5.41, 5.74) is 5.22. The fourth-order valence-corrected chi connectivity index (χ4v) is 4.26. The van der Waals surface area contributed by atoms with E-state index >= 15 is 0 Å². The van der Waals surface area contributed by atoms with Gasteiger partial charge in [-0.05, 0) is 12.8 Å². The second-order valence-corrected chi connectivity index (χ2v) is 8.81. The summed E-state index contributed by atoms with van der Waals surface area (Å²) in [7, 11) is 0. The van der Waals surface area contributed by atoms with E-state index in [0.717, 1.165) is 32.6 Å². The molecule has 1 fully saturated rings. The van der Waals surface area contributed by atoms with Crippen LogP contribution in [0.15, 0.2) is 0 Å². The standard InChI is InChI=1S/C24H49N3O2/c1-2-3-4-5-6-7-8-9-10-11-12-13-14-15-16-17-18-19-23(29-24(25)28)27-21-20-26-22-27/h23,26H,2-22H2,1H3,(H2,25,28). The van der Waals surface area contributed by atoms with Gasteiger partial charge in [0.1, 0.15) is 0 Å². The molecule has 0 bridgehead atoms. The van der Waals surface area contributed by atoms with Crippen LogP contribution < -0.4 is 11.1 Å². The maximum atomic E-state index is 11.1. The van der Waals surface area contributed by atoms with Crippen molar-refractivity contribution in [2.75, 3.05) is 19.8 Å². The highest BCUT2D eigenvalue weighted by Crippen LogP contribution is 2.16. The van der Waals surface area contributed by atoms with Crippen LogP contribution in [0.5, 0.6) is 0 Å². The number of ether oxygens (including phenoxy) is 1. The van der Waals surface area contributed by atoms with Gasteiger partial charge in [0.05, 0.1) is 6.67 Å². The van der Waals surface area contributed by atoms with E-state index in [1.165, 1.54) is 103 Å². The summed E-state index contributed by atoms with van der Waals surface area (Å²) < 4.78 is 5.29. The Morgan fingerprint density at radius 3 is 1.66 bits per heavy atom. The number of nitrogens with one attached hydrogen (secondary N) is 1. The Labute approximate surface area is 180 Å². The zero-order valence-electron chi connectivity index (χ0n) is 19.3. The van der Waals surface area contributed by atoms with Crippen molar-refractivity contribution in [3.05, 3.63) is 0 Å². The summed E-state index contributed by atoms with van der Waals surface area (Å²) in [5, 5.41) is 3.28. The number of hydrogen-bond donors (Lipinski definition) is 2. The molecule has 1 saturated heterocycles. The minimum atomic E-state index is -0.658. The van der Waals surface area contributed by atoms with Gasteiger partial charge in [-0.3, -0.25) is 4.90 Å². The van der Waals surface area contributed by atoms with E-state index in [1.54, 1.807) is 0 Å². The average molecular weight is 412 g/mol. The lowest BCUT2D eigenvalue weighted by atomic mass is 10.0. The normalized spacial score (nSPS) is 15.6. The van der Waals surface area contributed by atoms with Crippen LogP contribution >= 0.6 is 0 Å². The van der Waals surface area contributed by atoms with Gasteiger partial charge in [-0.25, -0.2) is 4.79 Å². The van der Waals surface area contributed by atoms with Crippen LogP contribution in [0.2, 0.25) is 0 Å². The van der Waals surface area contributed by atoms with E-state index in [1.807, 2.05) is 0 Å². The molecule has 0 saturated carbocycles. The first-order valence-corrected chi connectivity index (χ1v) is 12.6. The van der Waals surface area contributed by atoms with E-state index in [2.05, 4.69) is 17.1 Å². The highest BCUT2D eigenvalue weighted by atomic mass is 16.6. The maximum Gasteiger partial charge on any atom is 0.406 e. The lowest BCUT2D eigenvalue weighted by Gasteiger charge is -2.25. The molecule has 0 aromatic rings. The average Bonchev–Trinajstić information content (AvgIpc) is 3.24. The summed E-state index contributed by atoms with van der Waals surface area (Å²) in [6.45, 7) is 4.96. The molecule has 1 aliphatic heterocycles. The summed E-state index contributed by atoms with van der Waals surface area (Å²) in [6, 6.07) is 0. The first-order chi connectivity index (χ1) is 14.2. The van der Waals surface area contributed by atoms with Crippen LogP contribution in [0.25, 0.3) is 0 Å². The SMILES string of the molecule is CCCCCCCCCCCCCCCCCCCC(OC(N)=O)N1CCNC1. The number of carbonyl (C=O) groups excluding carboxylic acids is 1. The first kappa shape index (κ1) is 26.2. The number of unbranched alkanes of at least 4 members (excludes halogenated alkanes) is 16. The van der Waals surface area contributed by atoms with Crippen molar-refractivity contribution >= 4 is 6.09 Å². The van der Waals surface area contributed by atoms with Gasteiger partial charge in [0.15, 0.2) is 6.23 Å².